The van der Waals surface area contributed by atoms with Gasteiger partial charge in [0.25, 0.3) is 5.91 Å². The van der Waals surface area contributed by atoms with E-state index >= 15 is 0 Å². The highest BCUT2D eigenvalue weighted by atomic mass is 16.5. The van der Waals surface area contributed by atoms with Crippen LogP contribution in [-0.4, -0.2) is 70.3 Å². The van der Waals surface area contributed by atoms with Crippen molar-refractivity contribution >= 4 is 11.6 Å². The monoisotopic (exact) mass is 463 g/mol. The van der Waals surface area contributed by atoms with E-state index < -0.39 is 0 Å². The fourth-order valence-electron chi connectivity index (χ4n) is 5.59. The van der Waals surface area contributed by atoms with Crippen LogP contribution < -0.4 is 19.5 Å². The van der Waals surface area contributed by atoms with Gasteiger partial charge in [-0.2, -0.15) is 0 Å². The van der Waals surface area contributed by atoms with Crippen molar-refractivity contribution in [1.29, 1.82) is 0 Å². The van der Waals surface area contributed by atoms with Gasteiger partial charge in [0, 0.05) is 32.1 Å². The van der Waals surface area contributed by atoms with Gasteiger partial charge in [0.1, 0.15) is 0 Å². The maximum Gasteiger partial charge on any atom is 0.256 e. The highest BCUT2D eigenvalue weighted by Gasteiger charge is 2.40. The van der Waals surface area contributed by atoms with Crippen LogP contribution in [0.2, 0.25) is 0 Å². The topological polar surface area (TPSA) is 63.3 Å². The number of amides is 1. The van der Waals surface area contributed by atoms with Crippen LogP contribution in [0.15, 0.2) is 42.5 Å². The molecule has 0 aromatic heterocycles. The van der Waals surface area contributed by atoms with Crippen LogP contribution in [0.1, 0.15) is 39.9 Å². The van der Waals surface area contributed by atoms with E-state index in [0.29, 0.717) is 23.2 Å². The van der Waals surface area contributed by atoms with Gasteiger partial charge in [-0.25, -0.2) is 0 Å². The van der Waals surface area contributed by atoms with Gasteiger partial charge < -0.3 is 29.3 Å². The molecule has 2 aliphatic heterocycles. The van der Waals surface area contributed by atoms with Crippen molar-refractivity contribution in [1.82, 2.24) is 9.80 Å². The summed E-state index contributed by atoms with van der Waals surface area (Å²) in [5.74, 6) is 2.53. The van der Waals surface area contributed by atoms with Crippen LogP contribution in [0.3, 0.4) is 0 Å². The fourth-order valence-corrected chi connectivity index (χ4v) is 5.59. The second-order valence-corrected chi connectivity index (χ2v) is 9.30. The first-order chi connectivity index (χ1) is 16.5. The summed E-state index contributed by atoms with van der Waals surface area (Å²) in [4.78, 5) is 17.8. The van der Waals surface area contributed by atoms with Crippen molar-refractivity contribution in [3.63, 3.8) is 0 Å². The van der Waals surface area contributed by atoms with E-state index in [1.807, 2.05) is 29.2 Å². The summed E-state index contributed by atoms with van der Waals surface area (Å²) < 4.78 is 16.8. The third kappa shape index (κ3) is 3.78. The summed E-state index contributed by atoms with van der Waals surface area (Å²) >= 11 is 0. The molecule has 180 valence electrons. The first kappa shape index (κ1) is 22.6. The van der Waals surface area contributed by atoms with Crippen molar-refractivity contribution in [2.24, 2.45) is 5.92 Å². The third-order valence-corrected chi connectivity index (χ3v) is 7.46. The molecule has 7 heteroatoms. The Morgan fingerprint density at radius 1 is 1.00 bits per heavy atom. The van der Waals surface area contributed by atoms with Gasteiger partial charge in [-0.3, -0.25) is 4.79 Å². The number of nitrogens with one attached hydrogen (secondary N) is 1. The van der Waals surface area contributed by atoms with Crippen LogP contribution in [0.25, 0.3) is 0 Å². The van der Waals surface area contributed by atoms with E-state index in [-0.39, 0.29) is 17.9 Å². The number of fused-ring (bicyclic) bond motifs is 3. The number of hydrogen-bond acceptors (Lipinski definition) is 6. The smallest absolute Gasteiger partial charge is 0.256 e. The highest BCUT2D eigenvalue weighted by Crippen LogP contribution is 2.52. The number of nitrogens with zero attached hydrogens (tertiary/aromatic N) is 2. The lowest BCUT2D eigenvalue weighted by atomic mass is 9.76. The fraction of sp³-hybridized carbons (Fsp3) is 0.444. The number of likely N-dealkylation sites (N-methyl/N-ethyl adjacent to an activating group) is 1. The lowest BCUT2D eigenvalue weighted by Crippen LogP contribution is -2.47. The van der Waals surface area contributed by atoms with Crippen molar-refractivity contribution in [2.75, 3.05) is 59.9 Å². The summed E-state index contributed by atoms with van der Waals surface area (Å²) in [5, 5.41) is 3.77. The Morgan fingerprint density at radius 3 is 2.35 bits per heavy atom. The number of hydrogen-bond donors (Lipinski definition) is 1. The number of ether oxygens (including phenoxy) is 3. The molecular formula is C27H33N3O4. The minimum Gasteiger partial charge on any atom is -0.493 e. The number of rotatable bonds is 5. The van der Waals surface area contributed by atoms with E-state index in [1.165, 1.54) is 5.56 Å². The molecule has 3 atom stereocenters. The van der Waals surface area contributed by atoms with Crippen molar-refractivity contribution in [3.05, 3.63) is 59.2 Å². The van der Waals surface area contributed by atoms with Gasteiger partial charge in [0.05, 0.1) is 38.6 Å². The molecule has 7 nitrogen and oxygen atoms in total. The Morgan fingerprint density at radius 2 is 1.71 bits per heavy atom. The molecule has 3 aliphatic rings. The number of carbonyl (C=O) groups excluding carboxylic acids is 1. The molecule has 3 unspecified atom stereocenters. The van der Waals surface area contributed by atoms with E-state index in [2.05, 4.69) is 35.5 Å². The van der Waals surface area contributed by atoms with Crippen LogP contribution >= 0.6 is 0 Å². The van der Waals surface area contributed by atoms with Crippen LogP contribution in [0.5, 0.6) is 17.2 Å². The number of benzene rings is 2. The quantitative estimate of drug-likeness (QED) is 0.678. The van der Waals surface area contributed by atoms with Gasteiger partial charge in [-0.1, -0.05) is 24.3 Å². The number of para-hydroxylation sites is 1. The Kier molecular flexibility index (Phi) is 6.13. The molecule has 1 saturated heterocycles. The van der Waals surface area contributed by atoms with E-state index in [4.69, 9.17) is 14.2 Å². The van der Waals surface area contributed by atoms with Crippen LogP contribution in [-0.2, 0) is 0 Å². The Bertz CT molecular complexity index is 1080. The Hall–Kier alpha value is -3.19. The lowest BCUT2D eigenvalue weighted by Gasteiger charge is -2.39. The SMILES string of the molecule is COc1cc(C2Nc3c(C(=O)N4CCN(C)CC4)cccc3C3C=CCC32)cc(OC)c1OC. The molecule has 1 N–H and O–H groups in total. The second-order valence-electron chi connectivity index (χ2n) is 9.30. The molecule has 34 heavy (non-hydrogen) atoms. The number of carbonyl (C=O) groups is 1. The predicted molar refractivity (Wildman–Crippen MR) is 132 cm³/mol. The second kappa shape index (κ2) is 9.22. The zero-order chi connectivity index (χ0) is 23.8. The van der Waals surface area contributed by atoms with Gasteiger partial charge in [0.2, 0.25) is 5.75 Å². The summed E-state index contributed by atoms with van der Waals surface area (Å²) in [7, 11) is 6.99. The zero-order valence-electron chi connectivity index (χ0n) is 20.3. The minimum absolute atomic E-state index is 0.00245. The van der Waals surface area contributed by atoms with E-state index in [9.17, 15) is 4.79 Å². The van der Waals surface area contributed by atoms with Crippen molar-refractivity contribution in [3.8, 4) is 17.2 Å². The standard InChI is InChI=1S/C27H33N3O4/c1-29-11-13-30(14-12-29)27(31)21-10-6-9-20-18-7-5-8-19(18)24(28-25(20)21)17-15-22(32-2)26(34-4)23(16-17)33-3/h5-7,9-10,15-16,18-19,24,28H,8,11-14H2,1-4H3. The van der Waals surface area contributed by atoms with Gasteiger partial charge in [-0.15, -0.1) is 0 Å². The highest BCUT2D eigenvalue weighted by molar-refractivity contribution is 6.01. The molecule has 2 aromatic rings. The predicted octanol–water partition coefficient (Wildman–Crippen LogP) is 3.93. The summed E-state index contributed by atoms with van der Waals surface area (Å²) in [6.45, 7) is 3.30. The molecule has 2 aromatic carbocycles. The largest absolute Gasteiger partial charge is 0.493 e. The summed E-state index contributed by atoms with van der Waals surface area (Å²) in [6.07, 6.45) is 5.51. The number of anilines is 1. The minimum atomic E-state index is 0.00245. The van der Waals surface area contributed by atoms with Crippen LogP contribution in [0, 0.1) is 5.92 Å². The van der Waals surface area contributed by atoms with E-state index in [1.54, 1.807) is 21.3 Å². The molecule has 0 radical (unpaired) electrons. The number of allylic oxidation sites excluding steroid dienone is 2. The lowest BCUT2D eigenvalue weighted by molar-refractivity contribution is 0.0664. The molecule has 0 saturated carbocycles. The average molecular weight is 464 g/mol. The molecule has 5 rings (SSSR count). The van der Waals surface area contributed by atoms with Gasteiger partial charge in [-0.05, 0) is 48.7 Å². The average Bonchev–Trinajstić information content (AvgIpc) is 3.37. The summed E-state index contributed by atoms with van der Waals surface area (Å²) in [6, 6.07) is 10.2. The Balaban J connectivity index is 1.55. The Labute approximate surface area is 201 Å². The molecular weight excluding hydrogens is 430 g/mol. The number of piperazine rings is 1. The third-order valence-electron chi connectivity index (χ3n) is 7.46. The van der Waals surface area contributed by atoms with Gasteiger partial charge in [0.15, 0.2) is 11.5 Å². The summed E-state index contributed by atoms with van der Waals surface area (Å²) in [5.41, 5.74) is 3.94. The molecule has 0 bridgehead atoms. The molecule has 2 heterocycles. The van der Waals surface area contributed by atoms with Crippen LogP contribution in [0.4, 0.5) is 5.69 Å². The molecule has 0 spiro atoms. The van der Waals surface area contributed by atoms with Crippen molar-refractivity contribution < 1.29 is 19.0 Å². The van der Waals surface area contributed by atoms with Crippen molar-refractivity contribution in [2.45, 2.75) is 18.4 Å². The van der Waals surface area contributed by atoms with Gasteiger partial charge >= 0.3 is 0 Å². The molecule has 1 amide bonds. The first-order valence-electron chi connectivity index (χ1n) is 11.9. The molecule has 1 aliphatic carbocycles. The molecule has 1 fully saturated rings. The maximum absolute atomic E-state index is 13.6. The maximum atomic E-state index is 13.6. The zero-order valence-corrected chi connectivity index (χ0v) is 20.3. The first-order valence-corrected chi connectivity index (χ1v) is 11.9. The van der Waals surface area contributed by atoms with E-state index in [0.717, 1.165) is 49.4 Å². The normalized spacial score (nSPS) is 23.6. The number of methoxy groups -OCH3 is 3.